The molecule has 0 spiro atoms. The summed E-state index contributed by atoms with van der Waals surface area (Å²) in [4.78, 5) is 42.1. The summed E-state index contributed by atoms with van der Waals surface area (Å²) < 4.78 is 4.66. The number of carbonyl (C=O) groups excluding carboxylic acids is 3. The van der Waals surface area contributed by atoms with Gasteiger partial charge in [0.25, 0.3) is 0 Å². The van der Waals surface area contributed by atoms with Crippen LogP contribution in [0.25, 0.3) is 0 Å². The van der Waals surface area contributed by atoms with Gasteiger partial charge in [-0.2, -0.15) is 5.26 Å². The molecule has 2 aromatic carbocycles. The zero-order valence-electron chi connectivity index (χ0n) is 16.7. The van der Waals surface area contributed by atoms with Gasteiger partial charge >= 0.3 is 11.9 Å². The molecule has 0 bridgehead atoms. The molecule has 0 amide bonds. The van der Waals surface area contributed by atoms with Crippen molar-refractivity contribution in [2.45, 2.75) is 19.3 Å². The number of rotatable bonds is 6. The third kappa shape index (κ3) is 5.10. The molecule has 30 heavy (non-hydrogen) atoms. The fourth-order valence-electron chi connectivity index (χ4n) is 3.45. The quantitative estimate of drug-likeness (QED) is 0.681. The van der Waals surface area contributed by atoms with Crippen molar-refractivity contribution in [2.24, 2.45) is 5.92 Å². The second-order valence-electron chi connectivity index (χ2n) is 7.07. The van der Waals surface area contributed by atoms with E-state index in [1.807, 2.05) is 6.07 Å². The lowest BCUT2D eigenvalue weighted by Crippen LogP contribution is -2.38. The number of piperidine rings is 1. The van der Waals surface area contributed by atoms with Gasteiger partial charge in [-0.25, -0.2) is 9.59 Å². The minimum atomic E-state index is -0.562. The van der Waals surface area contributed by atoms with Crippen LogP contribution in [-0.2, 0) is 20.8 Å². The lowest BCUT2D eigenvalue weighted by molar-refractivity contribution is -0.138. The van der Waals surface area contributed by atoms with Crippen LogP contribution >= 0.6 is 0 Å². The van der Waals surface area contributed by atoms with Crippen LogP contribution in [0.5, 0.6) is 0 Å². The van der Waals surface area contributed by atoms with Crippen molar-refractivity contribution in [2.75, 3.05) is 20.2 Å². The molecule has 7 heteroatoms. The fourth-order valence-corrected chi connectivity index (χ4v) is 3.45. The van der Waals surface area contributed by atoms with Crippen molar-refractivity contribution in [1.29, 1.82) is 5.26 Å². The molecule has 1 aliphatic heterocycles. The van der Waals surface area contributed by atoms with Crippen LogP contribution in [0.2, 0.25) is 0 Å². The number of benzene rings is 2. The summed E-state index contributed by atoms with van der Waals surface area (Å²) in [6, 6.07) is 15.4. The molecule has 1 fully saturated rings. The van der Waals surface area contributed by atoms with Crippen LogP contribution in [-0.4, -0.2) is 43.0 Å². The Morgan fingerprint density at radius 2 is 1.70 bits per heavy atom. The van der Waals surface area contributed by atoms with E-state index < -0.39 is 11.9 Å². The smallest absolute Gasteiger partial charge is 0.357 e. The van der Waals surface area contributed by atoms with E-state index in [0.717, 1.165) is 5.56 Å². The first-order valence-electron chi connectivity index (χ1n) is 9.68. The van der Waals surface area contributed by atoms with Gasteiger partial charge in [-0.05, 0) is 42.7 Å². The maximum Gasteiger partial charge on any atom is 0.357 e. The molecule has 0 saturated carbocycles. The summed E-state index contributed by atoms with van der Waals surface area (Å²) in [5, 5.41) is 10.7. The number of methoxy groups -OCH3 is 1. The number of carbonyl (C=O) groups is 3. The average Bonchev–Trinajstić information content (AvgIpc) is 2.79. The van der Waals surface area contributed by atoms with Gasteiger partial charge in [-0.3, -0.25) is 4.79 Å². The Morgan fingerprint density at radius 3 is 2.37 bits per heavy atom. The van der Waals surface area contributed by atoms with E-state index in [1.165, 1.54) is 13.2 Å². The Kier molecular flexibility index (Phi) is 6.94. The van der Waals surface area contributed by atoms with Crippen molar-refractivity contribution >= 4 is 17.7 Å². The molecule has 2 aromatic rings. The standard InChI is InChI=1S/C23H22N2O5/c1-29-22(27)18-7-4-8-19(13-18)23(28)30-25-11-9-16(10-12-25)21(26)14-17-5-2-3-6-20(17)15-24/h2-8,13,16H,9-12,14H2,1H3. The monoisotopic (exact) mass is 406 g/mol. The molecule has 0 N–H and O–H groups in total. The number of ketones is 1. The van der Waals surface area contributed by atoms with E-state index in [2.05, 4.69) is 10.8 Å². The van der Waals surface area contributed by atoms with Gasteiger partial charge in [0.2, 0.25) is 0 Å². The lowest BCUT2D eigenvalue weighted by Gasteiger charge is -2.29. The molecule has 0 aromatic heterocycles. The van der Waals surface area contributed by atoms with E-state index >= 15 is 0 Å². The van der Waals surface area contributed by atoms with Crippen molar-refractivity contribution in [1.82, 2.24) is 5.06 Å². The van der Waals surface area contributed by atoms with Crippen molar-refractivity contribution in [3.05, 3.63) is 70.8 Å². The lowest BCUT2D eigenvalue weighted by atomic mass is 9.89. The first-order chi connectivity index (χ1) is 14.5. The summed E-state index contributed by atoms with van der Waals surface area (Å²) in [7, 11) is 1.28. The highest BCUT2D eigenvalue weighted by molar-refractivity contribution is 5.95. The Labute approximate surface area is 174 Å². The summed E-state index contributed by atoms with van der Waals surface area (Å²) >= 11 is 0. The highest BCUT2D eigenvalue weighted by Gasteiger charge is 2.27. The highest BCUT2D eigenvalue weighted by Crippen LogP contribution is 2.22. The van der Waals surface area contributed by atoms with Gasteiger partial charge in [-0.15, -0.1) is 5.06 Å². The van der Waals surface area contributed by atoms with Gasteiger partial charge in [0.05, 0.1) is 29.9 Å². The molecule has 3 rings (SSSR count). The number of nitrogens with zero attached hydrogens (tertiary/aromatic N) is 2. The molecule has 0 atom stereocenters. The number of hydrogen-bond acceptors (Lipinski definition) is 7. The summed E-state index contributed by atoms with van der Waals surface area (Å²) in [5.74, 6) is -1.13. The van der Waals surface area contributed by atoms with Crippen LogP contribution in [0.4, 0.5) is 0 Å². The second kappa shape index (κ2) is 9.81. The van der Waals surface area contributed by atoms with Gasteiger partial charge < -0.3 is 9.57 Å². The van der Waals surface area contributed by atoms with Crippen LogP contribution in [0, 0.1) is 17.2 Å². The normalized spacial score (nSPS) is 14.5. The zero-order valence-corrected chi connectivity index (χ0v) is 16.7. The molecule has 0 aliphatic carbocycles. The Hall–Kier alpha value is -3.50. The first-order valence-corrected chi connectivity index (χ1v) is 9.68. The van der Waals surface area contributed by atoms with E-state index in [-0.39, 0.29) is 29.2 Å². The Balaban J connectivity index is 1.53. The van der Waals surface area contributed by atoms with E-state index in [0.29, 0.717) is 31.5 Å². The van der Waals surface area contributed by atoms with Gasteiger partial charge in [-0.1, -0.05) is 24.3 Å². The molecule has 1 heterocycles. The van der Waals surface area contributed by atoms with E-state index in [4.69, 9.17) is 4.84 Å². The topological polar surface area (TPSA) is 96.7 Å². The van der Waals surface area contributed by atoms with E-state index in [1.54, 1.807) is 41.5 Å². The van der Waals surface area contributed by atoms with Crippen molar-refractivity contribution in [3.63, 3.8) is 0 Å². The summed E-state index contributed by atoms with van der Waals surface area (Å²) in [6.07, 6.45) is 1.38. The Morgan fingerprint density at radius 1 is 1.03 bits per heavy atom. The summed E-state index contributed by atoms with van der Waals surface area (Å²) in [5.41, 5.74) is 1.79. The zero-order chi connectivity index (χ0) is 21.5. The number of ether oxygens (including phenoxy) is 1. The van der Waals surface area contributed by atoms with E-state index in [9.17, 15) is 19.6 Å². The van der Waals surface area contributed by atoms with Crippen LogP contribution in [0.3, 0.4) is 0 Å². The number of hydroxylamine groups is 2. The predicted octanol–water partition coefficient (Wildman–Crippen LogP) is 2.94. The first kappa shape index (κ1) is 21.2. The molecular weight excluding hydrogens is 384 g/mol. The third-order valence-corrected chi connectivity index (χ3v) is 5.14. The summed E-state index contributed by atoms with van der Waals surface area (Å²) in [6.45, 7) is 0.886. The molecule has 0 radical (unpaired) electrons. The van der Waals surface area contributed by atoms with Crippen LogP contribution < -0.4 is 0 Å². The van der Waals surface area contributed by atoms with Crippen LogP contribution in [0.15, 0.2) is 48.5 Å². The maximum atomic E-state index is 12.6. The van der Waals surface area contributed by atoms with Crippen molar-refractivity contribution < 1.29 is 24.0 Å². The number of nitriles is 1. The SMILES string of the molecule is COC(=O)c1cccc(C(=O)ON2CCC(C(=O)Cc3ccccc3C#N)CC2)c1. The van der Waals surface area contributed by atoms with Gasteiger partial charge in [0.1, 0.15) is 5.78 Å². The largest absolute Gasteiger partial charge is 0.465 e. The fraction of sp³-hybridized carbons (Fsp3) is 0.304. The predicted molar refractivity (Wildman–Crippen MR) is 107 cm³/mol. The number of hydrogen-bond donors (Lipinski definition) is 0. The average molecular weight is 406 g/mol. The van der Waals surface area contributed by atoms with Gasteiger partial charge in [0, 0.05) is 25.4 Å². The molecule has 154 valence electrons. The molecule has 7 nitrogen and oxygen atoms in total. The molecule has 1 saturated heterocycles. The minimum Gasteiger partial charge on any atom is -0.465 e. The molecule has 1 aliphatic rings. The third-order valence-electron chi connectivity index (χ3n) is 5.14. The Bertz CT molecular complexity index is 987. The molecular formula is C23H22N2O5. The van der Waals surface area contributed by atoms with Crippen LogP contribution in [0.1, 0.15) is 44.7 Å². The van der Waals surface area contributed by atoms with Gasteiger partial charge in [0.15, 0.2) is 0 Å². The molecule has 0 unspecified atom stereocenters. The number of esters is 1. The second-order valence-corrected chi connectivity index (χ2v) is 7.07. The number of Topliss-reactive ketones (excluding diaryl/α,β-unsaturated/α-hetero) is 1. The highest BCUT2D eigenvalue weighted by atomic mass is 16.7. The minimum absolute atomic E-state index is 0.0921. The van der Waals surface area contributed by atoms with Crippen molar-refractivity contribution in [3.8, 4) is 6.07 Å². The maximum absolute atomic E-state index is 12.6.